The van der Waals surface area contributed by atoms with Crippen LogP contribution in [0.25, 0.3) is 10.9 Å². The van der Waals surface area contributed by atoms with E-state index in [1.54, 1.807) is 0 Å². The summed E-state index contributed by atoms with van der Waals surface area (Å²) < 4.78 is 1.03. The third-order valence-electron chi connectivity index (χ3n) is 4.45. The number of aromatic nitrogens is 1. The molecule has 0 radical (unpaired) electrons. The zero-order valence-corrected chi connectivity index (χ0v) is 13.8. The van der Waals surface area contributed by atoms with Gasteiger partial charge in [-0.3, -0.25) is 4.79 Å². The molecule has 1 aromatic heterocycles. The molecule has 0 spiro atoms. The zero-order chi connectivity index (χ0) is 15.1. The summed E-state index contributed by atoms with van der Waals surface area (Å²) in [5, 5.41) is 4.25. The summed E-state index contributed by atoms with van der Waals surface area (Å²) >= 11 is 3.49. The molecule has 1 saturated carbocycles. The van der Waals surface area contributed by atoms with Crippen LogP contribution in [0.1, 0.15) is 19.3 Å². The number of hydrogen-bond donors (Lipinski definition) is 1. The molecule has 114 valence electrons. The third-order valence-corrected chi connectivity index (χ3v) is 4.94. The van der Waals surface area contributed by atoms with Crippen LogP contribution in [0.15, 0.2) is 34.8 Å². The van der Waals surface area contributed by atoms with Gasteiger partial charge in [-0.05, 0) is 43.5 Å². The minimum atomic E-state index is 0.0978. The van der Waals surface area contributed by atoms with Crippen LogP contribution in [0.3, 0.4) is 0 Å². The van der Waals surface area contributed by atoms with Crippen LogP contribution in [0.4, 0.5) is 5.82 Å². The highest BCUT2D eigenvalue weighted by Gasteiger charge is 2.32. The molecular weight excluding hydrogens is 342 g/mol. The van der Waals surface area contributed by atoms with Crippen molar-refractivity contribution in [3.63, 3.8) is 0 Å². The summed E-state index contributed by atoms with van der Waals surface area (Å²) in [6, 6.07) is 10.7. The van der Waals surface area contributed by atoms with E-state index in [2.05, 4.69) is 44.3 Å². The Morgan fingerprint density at radius 1 is 1.23 bits per heavy atom. The molecule has 4 nitrogen and oxygen atoms in total. The Kier molecular flexibility index (Phi) is 3.53. The zero-order valence-electron chi connectivity index (χ0n) is 12.3. The second-order valence-corrected chi connectivity index (χ2v) is 7.14. The smallest absolute Gasteiger partial charge is 0.225 e. The first-order valence-electron chi connectivity index (χ1n) is 7.81. The Hall–Kier alpha value is -1.62. The first kappa shape index (κ1) is 14.0. The molecule has 4 rings (SSSR count). The lowest BCUT2D eigenvalue weighted by Gasteiger charge is -2.18. The molecule has 1 aliphatic heterocycles. The van der Waals surface area contributed by atoms with Crippen LogP contribution >= 0.6 is 15.9 Å². The molecular formula is C17H18BrN3O. The maximum Gasteiger partial charge on any atom is 0.225 e. The number of carbonyl (C=O) groups is 1. The van der Waals surface area contributed by atoms with Gasteiger partial charge in [-0.2, -0.15) is 0 Å². The first-order valence-corrected chi connectivity index (χ1v) is 8.60. The molecule has 2 aliphatic rings. The van der Waals surface area contributed by atoms with E-state index < -0.39 is 0 Å². The molecule has 1 saturated heterocycles. The van der Waals surface area contributed by atoms with Gasteiger partial charge in [0.2, 0.25) is 5.91 Å². The number of rotatable bonds is 3. The number of carbonyl (C=O) groups excluding carboxylic acids is 1. The van der Waals surface area contributed by atoms with E-state index >= 15 is 0 Å². The van der Waals surface area contributed by atoms with Gasteiger partial charge in [0.25, 0.3) is 0 Å². The van der Waals surface area contributed by atoms with Crippen LogP contribution in [-0.4, -0.2) is 30.0 Å². The van der Waals surface area contributed by atoms with Crippen molar-refractivity contribution >= 4 is 38.6 Å². The van der Waals surface area contributed by atoms with Crippen molar-refractivity contribution in [3.05, 3.63) is 34.8 Å². The number of hydrogen-bond acceptors (Lipinski definition) is 3. The Labute approximate surface area is 138 Å². The minimum Gasteiger partial charge on any atom is -0.356 e. The normalized spacial score (nSPS) is 21.3. The van der Waals surface area contributed by atoms with Crippen molar-refractivity contribution in [1.29, 1.82) is 0 Å². The highest BCUT2D eigenvalue weighted by Crippen LogP contribution is 2.27. The quantitative estimate of drug-likeness (QED) is 0.915. The Morgan fingerprint density at radius 2 is 2.05 bits per heavy atom. The fourth-order valence-corrected chi connectivity index (χ4v) is 3.33. The van der Waals surface area contributed by atoms with Crippen molar-refractivity contribution in [2.24, 2.45) is 5.92 Å². The molecule has 1 aliphatic carbocycles. The number of halogens is 1. The van der Waals surface area contributed by atoms with E-state index in [0.29, 0.717) is 6.04 Å². The Bertz CT molecular complexity index is 729. The number of nitrogens with one attached hydrogen (secondary N) is 1. The van der Waals surface area contributed by atoms with Crippen molar-refractivity contribution < 1.29 is 4.79 Å². The number of benzene rings is 1. The number of amides is 1. The molecule has 1 unspecified atom stereocenters. The van der Waals surface area contributed by atoms with Gasteiger partial charge in [-0.1, -0.05) is 22.0 Å². The summed E-state index contributed by atoms with van der Waals surface area (Å²) in [6.07, 6.45) is 3.20. The lowest BCUT2D eigenvalue weighted by molar-refractivity contribution is -0.124. The van der Waals surface area contributed by atoms with Gasteiger partial charge in [0.1, 0.15) is 5.82 Å². The van der Waals surface area contributed by atoms with Crippen LogP contribution in [-0.2, 0) is 4.79 Å². The number of pyridine rings is 1. The van der Waals surface area contributed by atoms with Crippen LogP contribution in [0, 0.1) is 5.92 Å². The molecule has 1 amide bonds. The highest BCUT2D eigenvalue weighted by atomic mass is 79.9. The lowest BCUT2D eigenvalue weighted by atomic mass is 10.1. The maximum absolute atomic E-state index is 12.2. The van der Waals surface area contributed by atoms with Crippen molar-refractivity contribution in [1.82, 2.24) is 10.3 Å². The second kappa shape index (κ2) is 5.54. The van der Waals surface area contributed by atoms with Crippen molar-refractivity contribution in [2.75, 3.05) is 18.0 Å². The number of fused-ring (bicyclic) bond motifs is 1. The molecule has 2 fully saturated rings. The average molecular weight is 360 g/mol. The fourth-order valence-electron chi connectivity index (χ4n) is 2.98. The Morgan fingerprint density at radius 3 is 2.86 bits per heavy atom. The third kappa shape index (κ3) is 2.82. The maximum atomic E-state index is 12.2. The summed E-state index contributed by atoms with van der Waals surface area (Å²) in [5.74, 6) is 1.28. The predicted molar refractivity (Wildman–Crippen MR) is 90.9 cm³/mol. The Balaban J connectivity index is 1.51. The van der Waals surface area contributed by atoms with Crippen LogP contribution < -0.4 is 10.2 Å². The van der Waals surface area contributed by atoms with Gasteiger partial charge in [-0.15, -0.1) is 0 Å². The van der Waals surface area contributed by atoms with Gasteiger partial charge in [0.05, 0.1) is 11.4 Å². The van der Waals surface area contributed by atoms with E-state index in [9.17, 15) is 4.79 Å². The number of anilines is 1. The van der Waals surface area contributed by atoms with Gasteiger partial charge in [-0.25, -0.2) is 4.98 Å². The molecule has 1 N–H and O–H groups in total. The molecule has 1 aromatic carbocycles. The average Bonchev–Trinajstić information content (AvgIpc) is 3.18. The number of nitrogens with zero attached hydrogens (tertiary/aromatic N) is 2. The largest absolute Gasteiger partial charge is 0.356 e. The van der Waals surface area contributed by atoms with Gasteiger partial charge in [0.15, 0.2) is 0 Å². The van der Waals surface area contributed by atoms with Crippen molar-refractivity contribution in [2.45, 2.75) is 25.3 Å². The highest BCUT2D eigenvalue weighted by molar-refractivity contribution is 9.10. The van der Waals surface area contributed by atoms with Gasteiger partial charge >= 0.3 is 0 Å². The second-order valence-electron chi connectivity index (χ2n) is 6.22. The molecule has 1 atom stereocenters. The van der Waals surface area contributed by atoms with Gasteiger partial charge < -0.3 is 10.2 Å². The predicted octanol–water partition coefficient (Wildman–Crippen LogP) is 3.10. The van der Waals surface area contributed by atoms with E-state index in [1.165, 1.54) is 0 Å². The molecule has 22 heavy (non-hydrogen) atoms. The van der Waals surface area contributed by atoms with Gasteiger partial charge in [0, 0.05) is 29.0 Å². The van der Waals surface area contributed by atoms with E-state index in [1.807, 2.05) is 12.1 Å². The lowest BCUT2D eigenvalue weighted by Crippen LogP contribution is -2.34. The summed E-state index contributed by atoms with van der Waals surface area (Å²) in [6.45, 7) is 1.67. The van der Waals surface area contributed by atoms with E-state index in [4.69, 9.17) is 4.98 Å². The summed E-state index contributed by atoms with van der Waals surface area (Å²) in [7, 11) is 0. The topological polar surface area (TPSA) is 45.2 Å². The van der Waals surface area contributed by atoms with Crippen molar-refractivity contribution in [3.8, 4) is 0 Å². The SMILES string of the molecule is O=C(NC1CC1)C1CCN(c2ccc3ccc(Br)cc3n2)C1. The standard InChI is InChI=1S/C17H18BrN3O/c18-13-3-1-11-2-6-16(20-15(11)9-13)21-8-7-12(10-21)17(22)19-14-4-5-14/h1-3,6,9,12,14H,4-5,7-8,10H2,(H,19,22). The van der Waals surface area contributed by atoms with Crippen LogP contribution in [0.2, 0.25) is 0 Å². The molecule has 0 bridgehead atoms. The molecule has 2 aromatic rings. The molecule has 2 heterocycles. The molecule has 5 heteroatoms. The summed E-state index contributed by atoms with van der Waals surface area (Å²) in [4.78, 5) is 19.1. The van der Waals surface area contributed by atoms with E-state index in [-0.39, 0.29) is 11.8 Å². The summed E-state index contributed by atoms with van der Waals surface area (Å²) in [5.41, 5.74) is 0.984. The monoisotopic (exact) mass is 359 g/mol. The van der Waals surface area contributed by atoms with E-state index in [0.717, 1.165) is 53.5 Å². The minimum absolute atomic E-state index is 0.0978. The fraction of sp³-hybridized carbons (Fsp3) is 0.412. The first-order chi connectivity index (χ1) is 10.7. The van der Waals surface area contributed by atoms with Crippen LogP contribution in [0.5, 0.6) is 0 Å².